The zero-order valence-electron chi connectivity index (χ0n) is 11.1. The number of para-hydroxylation sites is 1. The first kappa shape index (κ1) is 13.4. The van der Waals surface area contributed by atoms with Crippen LogP contribution < -0.4 is 0 Å². The monoisotopic (exact) mass is 375 g/mol. The molecular formula is C17H14INO. The molecule has 0 aliphatic rings. The second-order valence-corrected chi connectivity index (χ2v) is 6.13. The number of carbonyl (C=O) groups excluding carboxylic acids is 1. The van der Waals surface area contributed by atoms with E-state index in [0.29, 0.717) is 6.54 Å². The molecule has 3 aromatic rings. The van der Waals surface area contributed by atoms with Crippen molar-refractivity contribution in [3.63, 3.8) is 0 Å². The lowest BCUT2D eigenvalue weighted by atomic mass is 10.1. The minimum absolute atomic E-state index is 0.141. The maximum atomic E-state index is 12.4. The van der Waals surface area contributed by atoms with E-state index in [1.807, 2.05) is 41.0 Å². The molecule has 2 aromatic carbocycles. The van der Waals surface area contributed by atoms with Gasteiger partial charge in [0.05, 0.1) is 6.54 Å². The Morgan fingerprint density at radius 3 is 2.55 bits per heavy atom. The minimum Gasteiger partial charge on any atom is -0.339 e. The van der Waals surface area contributed by atoms with Gasteiger partial charge < -0.3 is 4.57 Å². The first-order chi connectivity index (χ1) is 9.65. The second-order valence-electron chi connectivity index (χ2n) is 4.89. The Labute approximate surface area is 131 Å². The molecule has 0 spiro atoms. The van der Waals surface area contributed by atoms with Crippen molar-refractivity contribution in [1.82, 2.24) is 4.57 Å². The van der Waals surface area contributed by atoms with E-state index in [4.69, 9.17) is 0 Å². The standard InChI is InChI=1S/C17H14INO/c1-12-10-19(16-5-3-2-4-15(12)16)11-17(20)13-6-8-14(18)9-7-13/h2-10H,11H2,1H3. The Hall–Kier alpha value is -1.62. The van der Waals surface area contributed by atoms with E-state index >= 15 is 0 Å². The Balaban J connectivity index is 1.93. The maximum Gasteiger partial charge on any atom is 0.182 e. The molecule has 0 unspecified atom stereocenters. The number of carbonyl (C=O) groups is 1. The Morgan fingerprint density at radius 1 is 1.10 bits per heavy atom. The molecule has 0 fully saturated rings. The summed E-state index contributed by atoms with van der Waals surface area (Å²) in [6, 6.07) is 15.9. The Bertz CT molecular complexity index is 771. The fourth-order valence-electron chi connectivity index (χ4n) is 2.44. The SMILES string of the molecule is Cc1cn(CC(=O)c2ccc(I)cc2)c2ccccc12. The third-order valence-corrected chi connectivity index (χ3v) is 4.19. The van der Waals surface area contributed by atoms with Gasteiger partial charge >= 0.3 is 0 Å². The minimum atomic E-state index is 0.141. The number of nitrogens with zero attached hydrogens (tertiary/aromatic N) is 1. The van der Waals surface area contributed by atoms with Gasteiger partial charge in [0, 0.05) is 26.2 Å². The summed E-state index contributed by atoms with van der Waals surface area (Å²) in [6.07, 6.45) is 2.05. The molecule has 0 amide bonds. The van der Waals surface area contributed by atoms with E-state index in [1.165, 1.54) is 10.9 Å². The molecule has 0 saturated carbocycles. The average Bonchev–Trinajstić information content (AvgIpc) is 2.77. The number of Topliss-reactive ketones (excluding diaryl/α,β-unsaturated/α-hetero) is 1. The van der Waals surface area contributed by atoms with Crippen molar-refractivity contribution >= 4 is 39.3 Å². The van der Waals surface area contributed by atoms with E-state index < -0.39 is 0 Å². The summed E-state index contributed by atoms with van der Waals surface area (Å²) in [5, 5.41) is 1.21. The molecular weight excluding hydrogens is 361 g/mol. The molecule has 3 heteroatoms. The molecule has 0 saturated heterocycles. The maximum absolute atomic E-state index is 12.4. The molecule has 0 radical (unpaired) electrons. The van der Waals surface area contributed by atoms with Gasteiger partial charge in [0.15, 0.2) is 5.78 Å². The lowest BCUT2D eigenvalue weighted by Gasteiger charge is -2.05. The highest BCUT2D eigenvalue weighted by atomic mass is 127. The van der Waals surface area contributed by atoms with Crippen molar-refractivity contribution in [3.8, 4) is 0 Å². The number of benzene rings is 2. The topological polar surface area (TPSA) is 22.0 Å². The molecule has 0 aliphatic carbocycles. The van der Waals surface area contributed by atoms with Crippen molar-refractivity contribution in [2.75, 3.05) is 0 Å². The smallest absolute Gasteiger partial charge is 0.182 e. The third-order valence-electron chi connectivity index (χ3n) is 3.47. The van der Waals surface area contributed by atoms with E-state index in [1.54, 1.807) is 0 Å². The van der Waals surface area contributed by atoms with Crippen LogP contribution in [0.1, 0.15) is 15.9 Å². The number of hydrogen-bond donors (Lipinski definition) is 0. The highest BCUT2D eigenvalue weighted by Gasteiger charge is 2.10. The largest absolute Gasteiger partial charge is 0.339 e. The van der Waals surface area contributed by atoms with Gasteiger partial charge in [-0.1, -0.05) is 30.3 Å². The van der Waals surface area contributed by atoms with Crippen LogP contribution in [0.15, 0.2) is 54.7 Å². The first-order valence-electron chi connectivity index (χ1n) is 6.48. The van der Waals surface area contributed by atoms with Gasteiger partial charge in [-0.3, -0.25) is 4.79 Å². The average molecular weight is 375 g/mol. The van der Waals surface area contributed by atoms with Crippen molar-refractivity contribution in [2.24, 2.45) is 0 Å². The van der Waals surface area contributed by atoms with Gasteiger partial charge in [-0.15, -0.1) is 0 Å². The first-order valence-corrected chi connectivity index (χ1v) is 7.56. The molecule has 0 N–H and O–H groups in total. The molecule has 2 nitrogen and oxygen atoms in total. The predicted octanol–water partition coefficient (Wildman–Crippen LogP) is 4.44. The van der Waals surface area contributed by atoms with Gasteiger partial charge in [0.2, 0.25) is 0 Å². The van der Waals surface area contributed by atoms with Crippen molar-refractivity contribution in [2.45, 2.75) is 13.5 Å². The van der Waals surface area contributed by atoms with Crippen LogP contribution in [0.5, 0.6) is 0 Å². The summed E-state index contributed by atoms with van der Waals surface area (Å²) in [7, 11) is 0. The third kappa shape index (κ3) is 2.50. The van der Waals surface area contributed by atoms with Crippen LogP contribution in [0.3, 0.4) is 0 Å². The summed E-state index contributed by atoms with van der Waals surface area (Å²) in [4.78, 5) is 12.4. The van der Waals surface area contributed by atoms with Gasteiger partial charge in [0.1, 0.15) is 0 Å². The zero-order valence-corrected chi connectivity index (χ0v) is 13.3. The molecule has 1 aromatic heterocycles. The molecule has 0 bridgehead atoms. The molecule has 0 aliphatic heterocycles. The summed E-state index contributed by atoms with van der Waals surface area (Å²) in [5.74, 6) is 0.141. The van der Waals surface area contributed by atoms with Crippen LogP contribution in [0.2, 0.25) is 0 Å². The molecule has 1 heterocycles. The fourth-order valence-corrected chi connectivity index (χ4v) is 2.80. The molecule has 20 heavy (non-hydrogen) atoms. The summed E-state index contributed by atoms with van der Waals surface area (Å²) in [6.45, 7) is 2.46. The highest BCUT2D eigenvalue weighted by Crippen LogP contribution is 2.21. The highest BCUT2D eigenvalue weighted by molar-refractivity contribution is 14.1. The Kier molecular flexibility index (Phi) is 3.61. The van der Waals surface area contributed by atoms with Crippen molar-refractivity contribution in [1.29, 1.82) is 0 Å². The van der Waals surface area contributed by atoms with E-state index in [0.717, 1.165) is 14.7 Å². The van der Waals surface area contributed by atoms with Gasteiger partial charge in [-0.05, 0) is 53.3 Å². The van der Waals surface area contributed by atoms with E-state index in [-0.39, 0.29) is 5.78 Å². The quantitative estimate of drug-likeness (QED) is 0.490. The molecule has 3 rings (SSSR count). The predicted molar refractivity (Wildman–Crippen MR) is 90.2 cm³/mol. The lowest BCUT2D eigenvalue weighted by Crippen LogP contribution is -2.09. The zero-order chi connectivity index (χ0) is 14.1. The van der Waals surface area contributed by atoms with Gasteiger partial charge in [-0.2, -0.15) is 0 Å². The van der Waals surface area contributed by atoms with Crippen molar-refractivity contribution in [3.05, 3.63) is 69.4 Å². The number of rotatable bonds is 3. The lowest BCUT2D eigenvalue weighted by molar-refractivity contribution is 0.0973. The van der Waals surface area contributed by atoms with Gasteiger partial charge in [0.25, 0.3) is 0 Å². The van der Waals surface area contributed by atoms with Crippen LogP contribution >= 0.6 is 22.6 Å². The number of hydrogen-bond acceptors (Lipinski definition) is 1. The number of ketones is 1. The number of halogens is 1. The van der Waals surface area contributed by atoms with E-state index in [2.05, 4.69) is 47.8 Å². The van der Waals surface area contributed by atoms with Crippen LogP contribution in [0.4, 0.5) is 0 Å². The second kappa shape index (κ2) is 5.40. The van der Waals surface area contributed by atoms with Crippen LogP contribution in [0, 0.1) is 10.5 Å². The van der Waals surface area contributed by atoms with Gasteiger partial charge in [-0.25, -0.2) is 0 Å². The Morgan fingerprint density at radius 2 is 1.80 bits per heavy atom. The molecule has 0 atom stereocenters. The molecule has 100 valence electrons. The number of aryl methyl sites for hydroxylation is 1. The number of fused-ring (bicyclic) bond motifs is 1. The summed E-state index contributed by atoms with van der Waals surface area (Å²) < 4.78 is 3.17. The van der Waals surface area contributed by atoms with Crippen LogP contribution in [-0.4, -0.2) is 10.4 Å². The van der Waals surface area contributed by atoms with Crippen LogP contribution in [0.25, 0.3) is 10.9 Å². The van der Waals surface area contributed by atoms with E-state index in [9.17, 15) is 4.79 Å². The van der Waals surface area contributed by atoms with Crippen LogP contribution in [-0.2, 0) is 6.54 Å². The normalized spacial score (nSPS) is 10.9. The summed E-state index contributed by atoms with van der Waals surface area (Å²) in [5.41, 5.74) is 3.08. The fraction of sp³-hybridized carbons (Fsp3) is 0.118. The number of aromatic nitrogens is 1. The summed E-state index contributed by atoms with van der Waals surface area (Å²) >= 11 is 2.24. The van der Waals surface area contributed by atoms with Crippen molar-refractivity contribution < 1.29 is 4.79 Å².